The molecule has 5 rings (SSSR count). The highest BCUT2D eigenvalue weighted by Gasteiger charge is 2.38. The van der Waals surface area contributed by atoms with E-state index in [1.165, 1.54) is 17.8 Å². The first-order valence-corrected chi connectivity index (χ1v) is 14.5. The Bertz CT molecular complexity index is 1460. The highest BCUT2D eigenvalue weighted by atomic mass is 32.2. The van der Waals surface area contributed by atoms with Crippen LogP contribution < -0.4 is 10.2 Å². The van der Waals surface area contributed by atoms with Crippen LogP contribution in [0.5, 0.6) is 0 Å². The van der Waals surface area contributed by atoms with Gasteiger partial charge in [0.2, 0.25) is 11.9 Å². The van der Waals surface area contributed by atoms with E-state index in [0.717, 1.165) is 40.7 Å². The summed E-state index contributed by atoms with van der Waals surface area (Å²) < 4.78 is 53.1. The number of hydrogen-bond acceptors (Lipinski definition) is 8. The van der Waals surface area contributed by atoms with E-state index < -0.39 is 23.1 Å². The summed E-state index contributed by atoms with van der Waals surface area (Å²) in [6.45, 7) is 4.01. The molecule has 1 aliphatic heterocycles. The first-order chi connectivity index (χ1) is 19.8. The number of carbonyl (C=O) groups is 2. The number of anilines is 1. The second-order valence-electron chi connectivity index (χ2n) is 9.15. The van der Waals surface area contributed by atoms with E-state index in [1.807, 2.05) is 61.6 Å². The van der Waals surface area contributed by atoms with Crippen LogP contribution in [0.2, 0.25) is 0 Å². The predicted molar refractivity (Wildman–Crippen MR) is 166 cm³/mol. The molecule has 43 heavy (non-hydrogen) atoms. The molecule has 0 radical (unpaired) electrons. The Kier molecular flexibility index (Phi) is 13.6. The zero-order chi connectivity index (χ0) is 30.9. The number of nitrogens with zero attached hydrogens (tertiary/aromatic N) is 2. The Hall–Kier alpha value is -3.47. The Balaban J connectivity index is 0.000000249. The molecule has 1 aliphatic carbocycles. The smallest absolute Gasteiger partial charge is 0.475 e. The maximum atomic E-state index is 11.6. The minimum absolute atomic E-state index is 0. The Labute approximate surface area is 260 Å². The fraction of sp³-hybridized carbons (Fsp3) is 0.296. The second-order valence-corrected chi connectivity index (χ2v) is 11.4. The van der Waals surface area contributed by atoms with Crippen LogP contribution in [-0.2, 0) is 24.9 Å². The first kappa shape index (κ1) is 35.7. The zero-order valence-electron chi connectivity index (χ0n) is 23.4. The number of amides is 1. The average Bonchev–Trinajstić information content (AvgIpc) is 3.50. The number of rotatable bonds is 6. The largest absolute Gasteiger partial charge is 0.490 e. The Morgan fingerprint density at radius 2 is 1.91 bits per heavy atom. The maximum Gasteiger partial charge on any atom is 0.490 e. The van der Waals surface area contributed by atoms with Crippen LogP contribution in [0.4, 0.5) is 19.1 Å². The number of carbonyl (C=O) groups excluding carboxylic acids is 1. The molecule has 2 unspecified atom stereocenters. The maximum absolute atomic E-state index is 11.6. The van der Waals surface area contributed by atoms with Gasteiger partial charge >= 0.3 is 12.1 Å². The number of aromatic amines is 1. The normalized spacial score (nSPS) is 17.3. The fourth-order valence-electron chi connectivity index (χ4n) is 3.87. The number of carboxylic acids is 1. The van der Waals surface area contributed by atoms with Gasteiger partial charge in [-0.15, -0.1) is 0 Å². The van der Waals surface area contributed by atoms with Gasteiger partial charge in [-0.3, -0.25) is 13.8 Å². The van der Waals surface area contributed by atoms with Gasteiger partial charge in [0.15, 0.2) is 0 Å². The van der Waals surface area contributed by atoms with Crippen molar-refractivity contribution in [2.45, 2.75) is 44.5 Å². The molecule has 1 fully saturated rings. The van der Waals surface area contributed by atoms with Gasteiger partial charge in [0.25, 0.3) is 0 Å². The van der Waals surface area contributed by atoms with E-state index in [2.05, 4.69) is 44.5 Å². The standard InChI is InChI=1S/C14H16N4OS.C11H13NO2S.C2HF3O2.H2S/c1-18(11-7-3-2-4-8-11)20-19-17-14-15-12-9-5-6-10-13(12)16-14;1-7-3-4-9(8(2)5-7)10-6-11(13)12-15(10)14;3-2(4,5)1(6)7;/h3,5-10H,2,4H2,1H3,(H2,15,16,17);3-5,10H,6H2,1-2H3,(H,12,13);(H,6,7);1H2. The lowest BCUT2D eigenvalue weighted by Crippen LogP contribution is -2.21. The summed E-state index contributed by atoms with van der Waals surface area (Å²) in [5.41, 5.74) is 9.14. The molecule has 2 atom stereocenters. The van der Waals surface area contributed by atoms with Crippen molar-refractivity contribution in [3.8, 4) is 0 Å². The number of aryl methyl sites for hydroxylation is 2. The molecular weight excluding hydrogens is 628 g/mol. The third kappa shape index (κ3) is 10.9. The van der Waals surface area contributed by atoms with Crippen molar-refractivity contribution in [2.75, 3.05) is 12.5 Å². The predicted octanol–water partition coefficient (Wildman–Crippen LogP) is 5.91. The quantitative estimate of drug-likeness (QED) is 0.145. The number of likely N-dealkylation sites (N-methyl/N-ethyl adjacent to an activating group) is 1. The minimum Gasteiger partial charge on any atom is -0.475 e. The van der Waals surface area contributed by atoms with Gasteiger partial charge in [-0.05, 0) is 56.0 Å². The van der Waals surface area contributed by atoms with Gasteiger partial charge in [0, 0.05) is 19.2 Å². The number of imidazole rings is 1. The molecule has 1 amide bonds. The molecule has 0 saturated carbocycles. The van der Waals surface area contributed by atoms with E-state index in [4.69, 9.17) is 14.2 Å². The molecule has 1 aromatic heterocycles. The number of benzene rings is 2. The van der Waals surface area contributed by atoms with Crippen molar-refractivity contribution in [2.24, 2.45) is 0 Å². The highest BCUT2D eigenvalue weighted by Crippen LogP contribution is 2.30. The van der Waals surface area contributed by atoms with Crippen LogP contribution in [0.3, 0.4) is 0 Å². The molecule has 2 aliphatic rings. The van der Waals surface area contributed by atoms with Gasteiger partial charge in [0.05, 0.1) is 16.3 Å². The third-order valence-electron chi connectivity index (χ3n) is 5.87. The van der Waals surface area contributed by atoms with E-state index in [1.54, 1.807) is 0 Å². The SMILES string of the molecule is CN(SONc1nc2ccccc2[nH]1)C1=CCCC=C1.Cc1ccc(C2CC(=O)NS2=O)c(C)c1.O=C(O)C(F)(F)F.S. The van der Waals surface area contributed by atoms with Crippen LogP contribution >= 0.6 is 25.7 Å². The summed E-state index contributed by atoms with van der Waals surface area (Å²) in [5.74, 6) is -2.29. The van der Waals surface area contributed by atoms with Gasteiger partial charge in [-0.1, -0.05) is 48.0 Å². The van der Waals surface area contributed by atoms with Crippen molar-refractivity contribution in [3.63, 3.8) is 0 Å². The minimum atomic E-state index is -5.08. The number of H-pyrrole nitrogens is 1. The second kappa shape index (κ2) is 16.4. The van der Waals surface area contributed by atoms with Crippen molar-refractivity contribution in [1.82, 2.24) is 19.0 Å². The van der Waals surface area contributed by atoms with Gasteiger partial charge in [0.1, 0.15) is 23.2 Å². The molecule has 2 heterocycles. The summed E-state index contributed by atoms with van der Waals surface area (Å²) >= 11 is 1.23. The molecule has 10 nitrogen and oxygen atoms in total. The van der Waals surface area contributed by atoms with Crippen molar-refractivity contribution >= 4 is 65.6 Å². The molecule has 0 bridgehead atoms. The lowest BCUT2D eigenvalue weighted by atomic mass is 10.0. The number of halogens is 3. The summed E-state index contributed by atoms with van der Waals surface area (Å²) in [5, 5.41) is 6.94. The van der Waals surface area contributed by atoms with Gasteiger partial charge in [-0.2, -0.15) is 31.0 Å². The van der Waals surface area contributed by atoms with Crippen molar-refractivity contribution in [3.05, 3.63) is 83.1 Å². The van der Waals surface area contributed by atoms with Gasteiger partial charge < -0.3 is 10.1 Å². The number of fused-ring (bicyclic) bond motifs is 1. The summed E-state index contributed by atoms with van der Waals surface area (Å²) in [4.78, 5) is 27.5. The van der Waals surface area contributed by atoms with Crippen LogP contribution in [0.25, 0.3) is 11.0 Å². The third-order valence-corrected chi connectivity index (χ3v) is 7.83. The zero-order valence-corrected chi connectivity index (χ0v) is 26.0. The Morgan fingerprint density at radius 1 is 1.21 bits per heavy atom. The molecule has 234 valence electrons. The fourth-order valence-corrected chi connectivity index (χ4v) is 5.57. The average molecular weight is 660 g/mol. The monoisotopic (exact) mass is 659 g/mol. The topological polar surface area (TPSA) is 137 Å². The number of nitrogens with one attached hydrogen (secondary N) is 3. The molecule has 2 aromatic carbocycles. The van der Waals surface area contributed by atoms with E-state index in [9.17, 15) is 22.2 Å². The molecule has 16 heteroatoms. The van der Waals surface area contributed by atoms with Crippen LogP contribution in [-0.4, -0.2) is 48.7 Å². The first-order valence-electron chi connectivity index (χ1n) is 12.6. The Morgan fingerprint density at radius 3 is 2.47 bits per heavy atom. The van der Waals surface area contributed by atoms with E-state index in [0.29, 0.717) is 12.4 Å². The number of aliphatic carboxylic acids is 1. The molecule has 0 spiro atoms. The number of alkyl halides is 3. The van der Waals surface area contributed by atoms with Crippen LogP contribution in [0.15, 0.2) is 66.4 Å². The van der Waals surface area contributed by atoms with Crippen molar-refractivity contribution in [1.29, 1.82) is 0 Å². The van der Waals surface area contributed by atoms with Crippen molar-refractivity contribution < 1.29 is 36.4 Å². The molecule has 4 N–H and O–H groups in total. The summed E-state index contributed by atoms with van der Waals surface area (Å²) in [6.07, 6.45) is 3.89. The number of hydrogen-bond donors (Lipinski definition) is 4. The van der Waals surface area contributed by atoms with E-state index >= 15 is 0 Å². The molecular formula is C27H32F3N5O5S3. The summed E-state index contributed by atoms with van der Waals surface area (Å²) in [6, 6.07) is 13.9. The summed E-state index contributed by atoms with van der Waals surface area (Å²) in [7, 11) is 0.707. The lowest BCUT2D eigenvalue weighted by molar-refractivity contribution is -0.192. The van der Waals surface area contributed by atoms with E-state index in [-0.39, 0.29) is 24.7 Å². The number of carboxylic acid groups (broad SMARTS) is 1. The highest BCUT2D eigenvalue weighted by molar-refractivity contribution is 7.92. The molecule has 1 saturated heterocycles. The van der Waals surface area contributed by atoms with Crippen LogP contribution in [0.1, 0.15) is 41.2 Å². The number of aromatic nitrogens is 2. The molecule has 3 aromatic rings. The number of para-hydroxylation sites is 2. The number of allylic oxidation sites excluding steroid dienone is 3. The lowest BCUT2D eigenvalue weighted by Gasteiger charge is -2.18. The van der Waals surface area contributed by atoms with Gasteiger partial charge in [-0.25, -0.2) is 19.5 Å². The van der Waals surface area contributed by atoms with Crippen LogP contribution in [0, 0.1) is 13.8 Å².